The van der Waals surface area contributed by atoms with Crippen LogP contribution in [0.4, 0.5) is 15.8 Å². The Labute approximate surface area is 140 Å². The van der Waals surface area contributed by atoms with Gasteiger partial charge in [-0.3, -0.25) is 9.59 Å². The minimum absolute atomic E-state index is 0.123. The van der Waals surface area contributed by atoms with Crippen molar-refractivity contribution in [2.75, 3.05) is 16.8 Å². The second kappa shape index (κ2) is 6.43. The molecule has 5 heteroatoms. The van der Waals surface area contributed by atoms with E-state index in [0.717, 1.165) is 16.8 Å². The van der Waals surface area contributed by atoms with E-state index in [1.54, 1.807) is 12.1 Å². The smallest absolute Gasteiger partial charge is 0.229 e. The SMILES string of the molecule is Cc1cc(C)cc(NC(=O)[C@H]2CC(=O)N(c3ccc(F)cc3)C2)c1. The number of rotatable bonds is 3. The van der Waals surface area contributed by atoms with Crippen LogP contribution in [0.5, 0.6) is 0 Å². The van der Waals surface area contributed by atoms with Crippen LogP contribution in [-0.2, 0) is 9.59 Å². The van der Waals surface area contributed by atoms with E-state index in [1.807, 2.05) is 32.0 Å². The van der Waals surface area contributed by atoms with Gasteiger partial charge in [-0.25, -0.2) is 4.39 Å². The molecule has 3 rings (SSSR count). The summed E-state index contributed by atoms with van der Waals surface area (Å²) in [4.78, 5) is 26.2. The molecule has 4 nitrogen and oxygen atoms in total. The van der Waals surface area contributed by atoms with Gasteiger partial charge in [0, 0.05) is 24.3 Å². The van der Waals surface area contributed by atoms with Crippen LogP contribution in [0.2, 0.25) is 0 Å². The van der Waals surface area contributed by atoms with Gasteiger partial charge in [-0.2, -0.15) is 0 Å². The normalized spacial score (nSPS) is 17.2. The number of carbonyl (C=O) groups excluding carboxylic acids is 2. The first-order valence-electron chi connectivity index (χ1n) is 7.87. The van der Waals surface area contributed by atoms with Crippen molar-refractivity contribution < 1.29 is 14.0 Å². The van der Waals surface area contributed by atoms with Gasteiger partial charge in [0.2, 0.25) is 11.8 Å². The number of nitrogens with one attached hydrogen (secondary N) is 1. The molecule has 1 N–H and O–H groups in total. The molecule has 1 atom stereocenters. The lowest BCUT2D eigenvalue weighted by atomic mass is 10.1. The molecule has 0 spiro atoms. The molecular weight excluding hydrogens is 307 g/mol. The van der Waals surface area contributed by atoms with Crippen LogP contribution in [0.1, 0.15) is 17.5 Å². The third kappa shape index (κ3) is 3.45. The number of benzene rings is 2. The lowest BCUT2D eigenvalue weighted by Crippen LogP contribution is -2.28. The minimum atomic E-state index is -0.414. The molecule has 0 saturated carbocycles. The number of anilines is 2. The summed E-state index contributed by atoms with van der Waals surface area (Å²) < 4.78 is 13.0. The van der Waals surface area contributed by atoms with Crippen molar-refractivity contribution in [3.8, 4) is 0 Å². The number of nitrogens with zero attached hydrogens (tertiary/aromatic N) is 1. The summed E-state index contributed by atoms with van der Waals surface area (Å²) in [6, 6.07) is 11.6. The van der Waals surface area contributed by atoms with Crippen molar-refractivity contribution >= 4 is 23.2 Å². The van der Waals surface area contributed by atoms with E-state index in [2.05, 4.69) is 5.32 Å². The van der Waals surface area contributed by atoms with Crippen molar-refractivity contribution in [3.63, 3.8) is 0 Å². The lowest BCUT2D eigenvalue weighted by molar-refractivity contribution is -0.122. The van der Waals surface area contributed by atoms with Gasteiger partial charge < -0.3 is 10.2 Å². The van der Waals surface area contributed by atoms with Crippen molar-refractivity contribution in [1.82, 2.24) is 0 Å². The first kappa shape index (κ1) is 16.2. The summed E-state index contributed by atoms with van der Waals surface area (Å²) in [5.74, 6) is -1.06. The summed E-state index contributed by atoms with van der Waals surface area (Å²) in [7, 11) is 0. The van der Waals surface area contributed by atoms with Crippen molar-refractivity contribution in [2.24, 2.45) is 5.92 Å². The fourth-order valence-electron chi connectivity index (χ4n) is 3.04. The van der Waals surface area contributed by atoms with Gasteiger partial charge in [0.25, 0.3) is 0 Å². The molecule has 1 saturated heterocycles. The largest absolute Gasteiger partial charge is 0.326 e. The Morgan fingerprint density at radius 3 is 2.38 bits per heavy atom. The van der Waals surface area contributed by atoms with Crippen LogP contribution in [-0.4, -0.2) is 18.4 Å². The standard InChI is InChI=1S/C19H19FN2O2/c1-12-7-13(2)9-16(8-12)21-19(24)14-10-18(23)22(11-14)17-5-3-15(20)4-6-17/h3-9,14H,10-11H2,1-2H3,(H,21,24)/t14-/m0/s1. The van der Waals surface area contributed by atoms with E-state index in [4.69, 9.17) is 0 Å². The highest BCUT2D eigenvalue weighted by molar-refractivity contribution is 6.03. The fraction of sp³-hybridized carbons (Fsp3) is 0.263. The molecule has 2 aromatic carbocycles. The Bertz CT molecular complexity index is 766. The van der Waals surface area contributed by atoms with E-state index >= 15 is 0 Å². The molecule has 1 aliphatic rings. The maximum absolute atomic E-state index is 13.0. The second-order valence-corrected chi connectivity index (χ2v) is 6.25. The molecule has 1 fully saturated rings. The molecule has 0 aromatic heterocycles. The Hall–Kier alpha value is -2.69. The Morgan fingerprint density at radius 1 is 1.12 bits per heavy atom. The average molecular weight is 326 g/mol. The number of aryl methyl sites for hydroxylation is 2. The monoisotopic (exact) mass is 326 g/mol. The molecule has 0 bridgehead atoms. The maximum atomic E-state index is 13.0. The van der Waals surface area contributed by atoms with Crippen molar-refractivity contribution in [2.45, 2.75) is 20.3 Å². The van der Waals surface area contributed by atoms with Crippen LogP contribution >= 0.6 is 0 Å². The van der Waals surface area contributed by atoms with Gasteiger partial charge in [-0.15, -0.1) is 0 Å². The summed E-state index contributed by atoms with van der Waals surface area (Å²) >= 11 is 0. The highest BCUT2D eigenvalue weighted by atomic mass is 19.1. The van der Waals surface area contributed by atoms with E-state index in [9.17, 15) is 14.0 Å². The molecule has 1 aliphatic heterocycles. The molecule has 1 heterocycles. The molecule has 124 valence electrons. The third-order valence-electron chi connectivity index (χ3n) is 4.12. The first-order valence-corrected chi connectivity index (χ1v) is 7.87. The van der Waals surface area contributed by atoms with Crippen LogP contribution in [0.15, 0.2) is 42.5 Å². The number of hydrogen-bond acceptors (Lipinski definition) is 2. The predicted molar refractivity (Wildman–Crippen MR) is 91.4 cm³/mol. The minimum Gasteiger partial charge on any atom is -0.326 e. The highest BCUT2D eigenvalue weighted by Crippen LogP contribution is 2.26. The van der Waals surface area contributed by atoms with Crippen LogP contribution in [0.3, 0.4) is 0 Å². The lowest BCUT2D eigenvalue weighted by Gasteiger charge is -2.16. The highest BCUT2D eigenvalue weighted by Gasteiger charge is 2.35. The number of amides is 2. The molecule has 0 unspecified atom stereocenters. The van der Waals surface area contributed by atoms with Gasteiger partial charge in [-0.05, 0) is 61.4 Å². The third-order valence-corrected chi connectivity index (χ3v) is 4.12. The Kier molecular flexibility index (Phi) is 4.34. The summed E-state index contributed by atoms with van der Waals surface area (Å²) in [5, 5.41) is 2.89. The van der Waals surface area contributed by atoms with E-state index in [0.29, 0.717) is 12.2 Å². The second-order valence-electron chi connectivity index (χ2n) is 6.25. The predicted octanol–water partition coefficient (Wildman–Crippen LogP) is 3.43. The summed E-state index contributed by atoms with van der Waals surface area (Å²) in [6.45, 7) is 4.25. The Balaban J connectivity index is 1.70. The Morgan fingerprint density at radius 2 is 1.75 bits per heavy atom. The quantitative estimate of drug-likeness (QED) is 0.939. The van der Waals surface area contributed by atoms with Gasteiger partial charge >= 0.3 is 0 Å². The van der Waals surface area contributed by atoms with Crippen molar-refractivity contribution in [1.29, 1.82) is 0 Å². The molecule has 2 aromatic rings. The average Bonchev–Trinajstić information content (AvgIpc) is 2.89. The van der Waals surface area contributed by atoms with Crippen molar-refractivity contribution in [3.05, 3.63) is 59.4 Å². The zero-order valence-corrected chi connectivity index (χ0v) is 13.7. The number of carbonyl (C=O) groups is 2. The number of halogens is 1. The number of hydrogen-bond donors (Lipinski definition) is 1. The van der Waals surface area contributed by atoms with Crippen LogP contribution < -0.4 is 10.2 Å². The zero-order valence-electron chi connectivity index (χ0n) is 13.7. The van der Waals surface area contributed by atoms with Crippen LogP contribution in [0, 0.1) is 25.6 Å². The molecule has 0 radical (unpaired) electrons. The van der Waals surface area contributed by atoms with Gasteiger partial charge in [0.1, 0.15) is 5.82 Å². The van der Waals surface area contributed by atoms with Gasteiger partial charge in [0.05, 0.1) is 5.92 Å². The molecule has 2 amide bonds. The van der Waals surface area contributed by atoms with Gasteiger partial charge in [0.15, 0.2) is 0 Å². The zero-order chi connectivity index (χ0) is 17.3. The van der Waals surface area contributed by atoms with Gasteiger partial charge in [-0.1, -0.05) is 6.07 Å². The van der Waals surface area contributed by atoms with E-state index in [1.165, 1.54) is 17.0 Å². The topological polar surface area (TPSA) is 49.4 Å². The molecule has 0 aliphatic carbocycles. The fourth-order valence-corrected chi connectivity index (χ4v) is 3.04. The molecular formula is C19H19FN2O2. The van der Waals surface area contributed by atoms with E-state index < -0.39 is 5.92 Å². The van der Waals surface area contributed by atoms with Crippen LogP contribution in [0.25, 0.3) is 0 Å². The summed E-state index contributed by atoms with van der Waals surface area (Å²) in [5.41, 5.74) is 3.50. The summed E-state index contributed by atoms with van der Waals surface area (Å²) in [6.07, 6.45) is 0.161. The first-order chi connectivity index (χ1) is 11.4. The molecule has 24 heavy (non-hydrogen) atoms. The van der Waals surface area contributed by atoms with E-state index in [-0.39, 0.29) is 24.1 Å². The maximum Gasteiger partial charge on any atom is 0.229 e.